The number of carbonyl (C=O) groups is 1. The second kappa shape index (κ2) is 7.95. The number of fused-ring (bicyclic) bond motifs is 1. The first-order chi connectivity index (χ1) is 14.1. The predicted octanol–water partition coefficient (Wildman–Crippen LogP) is 2.92. The number of hydrogen-bond donors (Lipinski definition) is 0. The lowest BCUT2D eigenvalue weighted by Gasteiger charge is -2.36. The van der Waals surface area contributed by atoms with E-state index in [-0.39, 0.29) is 5.91 Å². The molecule has 1 saturated heterocycles. The van der Waals surface area contributed by atoms with Crippen molar-refractivity contribution in [3.8, 4) is 11.5 Å². The monoisotopic (exact) mass is 392 g/mol. The van der Waals surface area contributed by atoms with Crippen LogP contribution in [-0.2, 0) is 0 Å². The highest BCUT2D eigenvalue weighted by molar-refractivity contribution is 6.00. The van der Waals surface area contributed by atoms with Gasteiger partial charge in [-0.3, -0.25) is 4.79 Å². The van der Waals surface area contributed by atoms with Crippen LogP contribution in [0.3, 0.4) is 0 Å². The molecule has 0 aliphatic carbocycles. The van der Waals surface area contributed by atoms with E-state index in [1.165, 1.54) is 0 Å². The lowest BCUT2D eigenvalue weighted by Crippen LogP contribution is -2.49. The Hall–Kier alpha value is -3.35. The first-order valence-electron chi connectivity index (χ1n) is 9.61. The summed E-state index contributed by atoms with van der Waals surface area (Å²) in [5.74, 6) is 1.84. The van der Waals surface area contributed by atoms with Crippen LogP contribution in [0.4, 0.5) is 5.82 Å². The van der Waals surface area contributed by atoms with E-state index in [9.17, 15) is 4.79 Å². The summed E-state index contributed by atoms with van der Waals surface area (Å²) >= 11 is 0. The van der Waals surface area contributed by atoms with E-state index in [4.69, 9.17) is 14.5 Å². The van der Waals surface area contributed by atoms with E-state index < -0.39 is 0 Å². The van der Waals surface area contributed by atoms with E-state index >= 15 is 0 Å². The smallest absolute Gasteiger partial charge is 0.261 e. The molecule has 150 valence electrons. The summed E-state index contributed by atoms with van der Waals surface area (Å²) in [6, 6.07) is 13.2. The van der Waals surface area contributed by atoms with Crippen molar-refractivity contribution in [2.24, 2.45) is 0 Å². The summed E-state index contributed by atoms with van der Waals surface area (Å²) in [4.78, 5) is 26.7. The minimum Gasteiger partial charge on any atom is -0.496 e. The van der Waals surface area contributed by atoms with Gasteiger partial charge in [0.1, 0.15) is 17.1 Å². The molecule has 0 unspecified atom stereocenters. The van der Waals surface area contributed by atoms with E-state index in [1.807, 2.05) is 42.2 Å². The number of benzene rings is 2. The Morgan fingerprint density at radius 1 is 0.862 bits per heavy atom. The number of anilines is 1. The number of carbonyl (C=O) groups excluding carboxylic acids is 1. The molecular weight excluding hydrogens is 368 g/mol. The predicted molar refractivity (Wildman–Crippen MR) is 112 cm³/mol. The normalized spacial score (nSPS) is 14.2. The van der Waals surface area contributed by atoms with Crippen molar-refractivity contribution >= 4 is 22.8 Å². The molecule has 7 heteroatoms. The Balaban J connectivity index is 1.53. The third kappa shape index (κ3) is 3.55. The van der Waals surface area contributed by atoms with Gasteiger partial charge in [0.05, 0.1) is 30.9 Å². The molecule has 29 heavy (non-hydrogen) atoms. The fourth-order valence-electron chi connectivity index (χ4n) is 3.72. The highest BCUT2D eigenvalue weighted by atomic mass is 16.5. The number of amides is 1. The van der Waals surface area contributed by atoms with Crippen LogP contribution in [0.1, 0.15) is 16.1 Å². The van der Waals surface area contributed by atoms with Crippen LogP contribution >= 0.6 is 0 Å². The summed E-state index contributed by atoms with van der Waals surface area (Å²) in [6.45, 7) is 4.54. The molecule has 0 saturated carbocycles. The van der Waals surface area contributed by atoms with Crippen molar-refractivity contribution in [2.45, 2.75) is 6.92 Å². The average molecular weight is 392 g/mol. The lowest BCUT2D eigenvalue weighted by molar-refractivity contribution is 0.0739. The van der Waals surface area contributed by atoms with Crippen molar-refractivity contribution in [1.82, 2.24) is 14.9 Å². The maximum Gasteiger partial charge on any atom is 0.261 e. The van der Waals surface area contributed by atoms with Crippen molar-refractivity contribution in [3.63, 3.8) is 0 Å². The number of piperazine rings is 1. The zero-order valence-electron chi connectivity index (χ0n) is 16.9. The van der Waals surface area contributed by atoms with Gasteiger partial charge in [0.25, 0.3) is 5.91 Å². The Labute approximate surface area is 169 Å². The van der Waals surface area contributed by atoms with E-state index in [1.54, 1.807) is 26.4 Å². The number of rotatable bonds is 4. The second-order valence-corrected chi connectivity index (χ2v) is 6.94. The Morgan fingerprint density at radius 3 is 2.03 bits per heavy atom. The zero-order valence-corrected chi connectivity index (χ0v) is 16.9. The minimum atomic E-state index is -0.0831. The second-order valence-electron chi connectivity index (χ2n) is 6.94. The molecule has 0 bridgehead atoms. The van der Waals surface area contributed by atoms with Crippen LogP contribution < -0.4 is 14.4 Å². The van der Waals surface area contributed by atoms with E-state index in [0.717, 1.165) is 22.5 Å². The molecule has 4 rings (SSSR count). The van der Waals surface area contributed by atoms with Crippen LogP contribution in [0, 0.1) is 6.92 Å². The highest BCUT2D eigenvalue weighted by Crippen LogP contribution is 2.30. The van der Waals surface area contributed by atoms with E-state index in [2.05, 4.69) is 9.88 Å². The molecule has 2 aromatic carbocycles. The van der Waals surface area contributed by atoms with Gasteiger partial charge in [0.15, 0.2) is 5.82 Å². The Kier molecular flexibility index (Phi) is 5.20. The van der Waals surface area contributed by atoms with Gasteiger partial charge < -0.3 is 19.3 Å². The number of ether oxygens (including phenoxy) is 2. The van der Waals surface area contributed by atoms with Gasteiger partial charge in [-0.1, -0.05) is 18.2 Å². The largest absolute Gasteiger partial charge is 0.496 e. The molecule has 7 nitrogen and oxygen atoms in total. The van der Waals surface area contributed by atoms with Gasteiger partial charge in [-0.2, -0.15) is 0 Å². The SMILES string of the molecule is COc1cccc(OC)c1C(=O)N1CCN(c2nc3ccccc3nc2C)CC1. The van der Waals surface area contributed by atoms with Crippen LogP contribution in [0.15, 0.2) is 42.5 Å². The number of aryl methyl sites for hydroxylation is 1. The standard InChI is InChI=1S/C22H24N4O3/c1-15-21(24-17-8-5-4-7-16(17)23-15)25-11-13-26(14-12-25)22(27)20-18(28-2)9-6-10-19(20)29-3/h4-10H,11-14H2,1-3H3. The molecular formula is C22H24N4O3. The zero-order chi connectivity index (χ0) is 20.4. The van der Waals surface area contributed by atoms with Gasteiger partial charge in [0, 0.05) is 26.2 Å². The first kappa shape index (κ1) is 19.0. The summed E-state index contributed by atoms with van der Waals surface area (Å²) in [7, 11) is 3.12. The van der Waals surface area contributed by atoms with Gasteiger partial charge in [0.2, 0.25) is 0 Å². The van der Waals surface area contributed by atoms with Crippen LogP contribution in [0.2, 0.25) is 0 Å². The number of nitrogens with zero attached hydrogens (tertiary/aromatic N) is 4. The van der Waals surface area contributed by atoms with Crippen LogP contribution in [-0.4, -0.2) is 61.2 Å². The molecule has 0 N–H and O–H groups in total. The molecule has 1 amide bonds. The third-order valence-corrected chi connectivity index (χ3v) is 5.23. The fraction of sp³-hybridized carbons (Fsp3) is 0.318. The third-order valence-electron chi connectivity index (χ3n) is 5.23. The molecule has 0 spiro atoms. The first-order valence-corrected chi connectivity index (χ1v) is 9.61. The number of para-hydroxylation sites is 2. The minimum absolute atomic E-state index is 0.0831. The maximum absolute atomic E-state index is 13.2. The summed E-state index contributed by atoms with van der Waals surface area (Å²) < 4.78 is 10.8. The molecule has 0 radical (unpaired) electrons. The van der Waals surface area contributed by atoms with Gasteiger partial charge in [-0.25, -0.2) is 9.97 Å². The molecule has 1 aromatic heterocycles. The summed E-state index contributed by atoms with van der Waals surface area (Å²) in [6.07, 6.45) is 0. The topological polar surface area (TPSA) is 67.8 Å². The molecule has 1 aliphatic heterocycles. The Morgan fingerprint density at radius 2 is 1.45 bits per heavy atom. The van der Waals surface area contributed by atoms with Gasteiger partial charge in [-0.15, -0.1) is 0 Å². The van der Waals surface area contributed by atoms with Gasteiger partial charge in [-0.05, 0) is 31.2 Å². The highest BCUT2D eigenvalue weighted by Gasteiger charge is 2.28. The number of methoxy groups -OCH3 is 2. The van der Waals surface area contributed by atoms with Crippen molar-refractivity contribution < 1.29 is 14.3 Å². The molecule has 1 fully saturated rings. The quantitative estimate of drug-likeness (QED) is 0.680. The van der Waals surface area contributed by atoms with E-state index in [0.29, 0.717) is 43.2 Å². The number of aromatic nitrogens is 2. The summed E-state index contributed by atoms with van der Waals surface area (Å²) in [5, 5.41) is 0. The van der Waals surface area contributed by atoms with Crippen LogP contribution in [0.25, 0.3) is 11.0 Å². The molecule has 1 aliphatic rings. The lowest BCUT2D eigenvalue weighted by atomic mass is 10.1. The van der Waals surface area contributed by atoms with Crippen molar-refractivity contribution in [1.29, 1.82) is 0 Å². The maximum atomic E-state index is 13.2. The van der Waals surface area contributed by atoms with Crippen molar-refractivity contribution in [3.05, 3.63) is 53.7 Å². The fourth-order valence-corrected chi connectivity index (χ4v) is 3.72. The molecule has 0 atom stereocenters. The van der Waals surface area contributed by atoms with Crippen LogP contribution in [0.5, 0.6) is 11.5 Å². The Bertz CT molecular complexity index is 1020. The molecule has 3 aromatic rings. The number of hydrogen-bond acceptors (Lipinski definition) is 6. The summed E-state index contributed by atoms with van der Waals surface area (Å²) in [5.41, 5.74) is 3.14. The average Bonchev–Trinajstić information content (AvgIpc) is 2.77. The van der Waals surface area contributed by atoms with Crippen molar-refractivity contribution in [2.75, 3.05) is 45.3 Å². The van der Waals surface area contributed by atoms with Gasteiger partial charge >= 0.3 is 0 Å². The molecule has 2 heterocycles.